The minimum Gasteiger partial charge on any atom is -0.454 e. The highest BCUT2D eigenvalue weighted by atomic mass is 16.7. The average molecular weight is 409 g/mol. The molecule has 0 saturated carbocycles. The maximum atomic E-state index is 13.1. The van der Waals surface area contributed by atoms with Crippen molar-refractivity contribution in [2.24, 2.45) is 0 Å². The summed E-state index contributed by atoms with van der Waals surface area (Å²) >= 11 is 0. The fraction of sp³-hybridized carbons (Fsp3) is 0.391. The quantitative estimate of drug-likeness (QED) is 0.659. The van der Waals surface area contributed by atoms with Crippen molar-refractivity contribution in [1.82, 2.24) is 0 Å². The first kappa shape index (κ1) is 19.1. The third-order valence-electron chi connectivity index (χ3n) is 6.39. The summed E-state index contributed by atoms with van der Waals surface area (Å²) in [5.74, 6) is 1.49. The molecule has 2 N–H and O–H groups in total. The largest absolute Gasteiger partial charge is 0.454 e. The summed E-state index contributed by atoms with van der Waals surface area (Å²) in [6.07, 6.45) is 0.305. The summed E-state index contributed by atoms with van der Waals surface area (Å²) in [6.45, 7) is 6.94. The highest BCUT2D eigenvalue weighted by molar-refractivity contribution is 6.21. The molecule has 0 bridgehead atoms. The number of quaternary nitrogens is 2. The van der Waals surface area contributed by atoms with E-state index in [-0.39, 0.29) is 17.9 Å². The highest BCUT2D eigenvalue weighted by Gasteiger charge is 2.46. The van der Waals surface area contributed by atoms with Crippen LogP contribution in [0.3, 0.4) is 0 Å². The van der Waals surface area contributed by atoms with E-state index in [0.29, 0.717) is 18.9 Å². The molecule has 3 heterocycles. The van der Waals surface area contributed by atoms with Crippen molar-refractivity contribution in [3.05, 3.63) is 53.6 Å². The number of hydrogen-bond acceptors (Lipinski definition) is 4. The van der Waals surface area contributed by atoms with Crippen molar-refractivity contribution in [2.45, 2.75) is 25.9 Å². The van der Waals surface area contributed by atoms with E-state index in [1.54, 1.807) is 0 Å². The molecule has 2 amide bonds. The molecule has 2 aromatic carbocycles. The molecule has 3 aliphatic heterocycles. The summed E-state index contributed by atoms with van der Waals surface area (Å²) in [5, 5.41) is 0. The van der Waals surface area contributed by atoms with E-state index in [1.165, 1.54) is 20.3 Å². The molecule has 0 unspecified atom stereocenters. The topological polar surface area (TPSA) is 64.7 Å². The number of carbonyl (C=O) groups excluding carboxylic acids is 2. The number of anilines is 1. The lowest BCUT2D eigenvalue weighted by atomic mass is 10.1. The number of ether oxygens (including phenoxy) is 2. The van der Waals surface area contributed by atoms with Crippen molar-refractivity contribution in [1.29, 1.82) is 0 Å². The molecule has 7 nitrogen and oxygen atoms in total. The Kier molecular flexibility index (Phi) is 4.92. The molecular weight excluding hydrogens is 382 g/mol. The van der Waals surface area contributed by atoms with Crippen LogP contribution in [-0.2, 0) is 16.1 Å². The zero-order valence-corrected chi connectivity index (χ0v) is 17.1. The molecule has 7 heteroatoms. The van der Waals surface area contributed by atoms with Crippen LogP contribution in [0.4, 0.5) is 5.69 Å². The Balaban J connectivity index is 1.20. The van der Waals surface area contributed by atoms with E-state index >= 15 is 0 Å². The SMILES string of the molecule is Cc1cccc(N2C(=O)C[C@@H]([NH+]3CC[NH+](Cc4ccc5c(c4)OCO5)CC3)C2=O)c1. The monoisotopic (exact) mass is 409 g/mol. The second kappa shape index (κ2) is 7.74. The number of benzene rings is 2. The average Bonchev–Trinajstić information content (AvgIpc) is 3.32. The van der Waals surface area contributed by atoms with Crippen LogP contribution in [0, 0.1) is 6.92 Å². The standard InChI is InChI=1S/C23H25N3O4/c1-16-3-2-4-18(11-16)26-22(27)13-19(23(26)28)25-9-7-24(8-10-25)14-17-5-6-20-21(12-17)30-15-29-20/h2-6,11-12,19H,7-10,13-15H2,1H3/p+2/t19-/m1/s1. The molecule has 0 aliphatic carbocycles. The van der Waals surface area contributed by atoms with Crippen LogP contribution in [0.1, 0.15) is 17.5 Å². The Morgan fingerprint density at radius 1 is 1.00 bits per heavy atom. The molecule has 30 heavy (non-hydrogen) atoms. The Bertz CT molecular complexity index is 984. The fourth-order valence-corrected chi connectivity index (χ4v) is 4.78. The molecular formula is C23H27N3O4+2. The summed E-state index contributed by atoms with van der Waals surface area (Å²) in [7, 11) is 0. The first-order chi connectivity index (χ1) is 14.6. The molecule has 2 fully saturated rings. The lowest BCUT2D eigenvalue weighted by molar-refractivity contribution is -1.02. The lowest BCUT2D eigenvalue weighted by Gasteiger charge is -2.32. The first-order valence-electron chi connectivity index (χ1n) is 10.6. The van der Waals surface area contributed by atoms with Crippen LogP contribution >= 0.6 is 0 Å². The zero-order valence-electron chi connectivity index (χ0n) is 17.1. The number of nitrogens with zero attached hydrogens (tertiary/aromatic N) is 1. The van der Waals surface area contributed by atoms with Crippen molar-refractivity contribution in [3.63, 3.8) is 0 Å². The molecule has 3 aliphatic rings. The van der Waals surface area contributed by atoms with Crippen LogP contribution in [0.2, 0.25) is 0 Å². The van der Waals surface area contributed by atoms with E-state index in [1.807, 2.05) is 37.3 Å². The van der Waals surface area contributed by atoms with E-state index < -0.39 is 0 Å². The molecule has 0 spiro atoms. The first-order valence-corrected chi connectivity index (χ1v) is 10.6. The van der Waals surface area contributed by atoms with Gasteiger partial charge in [0, 0.05) is 5.56 Å². The van der Waals surface area contributed by atoms with Gasteiger partial charge in [0.1, 0.15) is 32.7 Å². The second-order valence-corrected chi connectivity index (χ2v) is 8.44. The van der Waals surface area contributed by atoms with Crippen LogP contribution in [0.5, 0.6) is 11.5 Å². The number of rotatable bonds is 4. The molecule has 156 valence electrons. The van der Waals surface area contributed by atoms with Crippen LogP contribution in [0.25, 0.3) is 0 Å². The highest BCUT2D eigenvalue weighted by Crippen LogP contribution is 2.32. The van der Waals surface area contributed by atoms with Gasteiger partial charge in [-0.05, 0) is 42.8 Å². The summed E-state index contributed by atoms with van der Waals surface area (Å²) < 4.78 is 10.9. The molecule has 2 saturated heterocycles. The summed E-state index contributed by atoms with van der Waals surface area (Å²) in [6, 6.07) is 13.5. The van der Waals surface area contributed by atoms with Gasteiger partial charge in [-0.15, -0.1) is 0 Å². The Morgan fingerprint density at radius 3 is 2.60 bits per heavy atom. The molecule has 5 rings (SSSR count). The number of fused-ring (bicyclic) bond motifs is 1. The van der Waals surface area contributed by atoms with Gasteiger partial charge in [-0.2, -0.15) is 0 Å². The van der Waals surface area contributed by atoms with E-state index in [0.717, 1.165) is 49.8 Å². The van der Waals surface area contributed by atoms with Crippen molar-refractivity contribution in [3.8, 4) is 11.5 Å². The predicted molar refractivity (Wildman–Crippen MR) is 110 cm³/mol. The van der Waals surface area contributed by atoms with Gasteiger partial charge in [0.05, 0.1) is 12.1 Å². The molecule has 1 atom stereocenters. The van der Waals surface area contributed by atoms with Crippen LogP contribution in [0.15, 0.2) is 42.5 Å². The van der Waals surface area contributed by atoms with Crippen molar-refractivity contribution >= 4 is 17.5 Å². The van der Waals surface area contributed by atoms with E-state index in [4.69, 9.17) is 9.47 Å². The van der Waals surface area contributed by atoms with Crippen molar-refractivity contribution in [2.75, 3.05) is 37.9 Å². The van der Waals surface area contributed by atoms with Crippen LogP contribution < -0.4 is 24.2 Å². The number of piperazine rings is 1. The molecule has 0 radical (unpaired) electrons. The molecule has 2 aromatic rings. The number of nitrogens with one attached hydrogen (secondary N) is 2. The minimum absolute atomic E-state index is 0.0557. The smallest absolute Gasteiger partial charge is 0.292 e. The maximum absolute atomic E-state index is 13.1. The van der Waals surface area contributed by atoms with Gasteiger partial charge in [-0.3, -0.25) is 9.59 Å². The van der Waals surface area contributed by atoms with Gasteiger partial charge < -0.3 is 19.3 Å². The Morgan fingerprint density at radius 2 is 1.80 bits per heavy atom. The fourth-order valence-electron chi connectivity index (χ4n) is 4.78. The van der Waals surface area contributed by atoms with Gasteiger partial charge in [-0.25, -0.2) is 4.90 Å². The van der Waals surface area contributed by atoms with Gasteiger partial charge in [-0.1, -0.05) is 12.1 Å². The third kappa shape index (κ3) is 3.55. The Labute approximate surface area is 175 Å². The van der Waals surface area contributed by atoms with Gasteiger partial charge in [0.25, 0.3) is 5.91 Å². The number of aryl methyl sites for hydroxylation is 1. The number of amides is 2. The second-order valence-electron chi connectivity index (χ2n) is 8.44. The number of hydrogen-bond donors (Lipinski definition) is 2. The van der Waals surface area contributed by atoms with Crippen LogP contribution in [-0.4, -0.2) is 50.8 Å². The van der Waals surface area contributed by atoms with Gasteiger partial charge in [0.15, 0.2) is 17.5 Å². The summed E-state index contributed by atoms with van der Waals surface area (Å²) in [4.78, 5) is 29.8. The normalized spacial score (nSPS) is 25.8. The number of carbonyl (C=O) groups is 2. The van der Waals surface area contributed by atoms with Gasteiger partial charge in [0.2, 0.25) is 12.7 Å². The Hall–Kier alpha value is -2.90. The van der Waals surface area contributed by atoms with Gasteiger partial charge >= 0.3 is 0 Å². The predicted octanol–water partition coefficient (Wildman–Crippen LogP) is -0.661. The summed E-state index contributed by atoms with van der Waals surface area (Å²) in [5.41, 5.74) is 2.97. The van der Waals surface area contributed by atoms with E-state index in [9.17, 15) is 9.59 Å². The number of imide groups is 1. The van der Waals surface area contributed by atoms with Crippen molar-refractivity contribution < 1.29 is 28.9 Å². The lowest BCUT2D eigenvalue weighted by Crippen LogP contribution is -3.29. The van der Waals surface area contributed by atoms with E-state index in [2.05, 4.69) is 12.1 Å². The minimum atomic E-state index is -0.259. The maximum Gasteiger partial charge on any atom is 0.292 e. The third-order valence-corrected chi connectivity index (χ3v) is 6.39. The zero-order chi connectivity index (χ0) is 20.7. The molecule has 0 aromatic heterocycles.